The van der Waals surface area contributed by atoms with Crippen LogP contribution < -0.4 is 0 Å². The van der Waals surface area contributed by atoms with Crippen LogP contribution in [-0.4, -0.2) is 16.9 Å². The van der Waals surface area contributed by atoms with Gasteiger partial charge < -0.3 is 9.47 Å². The summed E-state index contributed by atoms with van der Waals surface area (Å²) in [5.41, 5.74) is 1.10. The zero-order valence-corrected chi connectivity index (χ0v) is 11.6. The highest BCUT2D eigenvalue weighted by atomic mass is 16.7. The van der Waals surface area contributed by atoms with E-state index in [9.17, 15) is 19.7 Å². The lowest BCUT2D eigenvalue weighted by Gasteiger charge is -2.20. The third-order valence-corrected chi connectivity index (χ3v) is 2.68. The van der Waals surface area contributed by atoms with Crippen molar-refractivity contribution in [3.8, 4) is 0 Å². The molecule has 0 amide bonds. The van der Waals surface area contributed by atoms with Crippen LogP contribution in [0.15, 0.2) is 12.1 Å². The van der Waals surface area contributed by atoms with Gasteiger partial charge in [0.25, 0.3) is 12.0 Å². The predicted octanol–water partition coefficient (Wildman–Crippen LogP) is 2.34. The van der Waals surface area contributed by atoms with Crippen molar-refractivity contribution in [2.75, 3.05) is 0 Å². The first-order chi connectivity index (χ1) is 9.23. The number of hydrogen-bond acceptors (Lipinski definition) is 6. The molecule has 0 aliphatic rings. The molecule has 0 saturated carbocycles. The van der Waals surface area contributed by atoms with Gasteiger partial charge in [0.2, 0.25) is 0 Å². The van der Waals surface area contributed by atoms with Crippen LogP contribution in [0, 0.1) is 24.0 Å². The highest BCUT2D eigenvalue weighted by Crippen LogP contribution is 2.32. The Morgan fingerprint density at radius 2 is 1.65 bits per heavy atom. The standard InChI is InChI=1S/C13H15NO6/c1-7-5-6-11(14(17)18)8(2)12(7)13(19-9(3)15)20-10(4)16/h5-6,13H,1-4H3. The molecular formula is C13H15NO6. The minimum absolute atomic E-state index is 0.130. The highest BCUT2D eigenvalue weighted by Gasteiger charge is 2.26. The SMILES string of the molecule is CC(=O)OC(OC(C)=O)c1c(C)ccc([N+](=O)[O-])c1C. The molecule has 0 heterocycles. The Kier molecular flexibility index (Phi) is 4.79. The number of ether oxygens (including phenoxy) is 2. The minimum Gasteiger partial charge on any atom is -0.421 e. The van der Waals surface area contributed by atoms with E-state index in [0.29, 0.717) is 16.7 Å². The maximum atomic E-state index is 11.1. The summed E-state index contributed by atoms with van der Waals surface area (Å²) < 4.78 is 9.88. The van der Waals surface area contributed by atoms with Crippen LogP contribution in [0.4, 0.5) is 5.69 Å². The first kappa shape index (κ1) is 15.6. The van der Waals surface area contributed by atoms with Gasteiger partial charge in [0, 0.05) is 31.0 Å². The van der Waals surface area contributed by atoms with Crippen molar-refractivity contribution in [3.63, 3.8) is 0 Å². The lowest BCUT2D eigenvalue weighted by Crippen LogP contribution is -2.17. The fourth-order valence-corrected chi connectivity index (χ4v) is 1.86. The molecule has 7 nitrogen and oxygen atoms in total. The summed E-state index contributed by atoms with van der Waals surface area (Å²) in [6.45, 7) is 5.53. The van der Waals surface area contributed by atoms with Crippen LogP contribution in [0.3, 0.4) is 0 Å². The molecule has 108 valence electrons. The molecule has 7 heteroatoms. The minimum atomic E-state index is -1.29. The molecule has 0 saturated heterocycles. The van der Waals surface area contributed by atoms with Crippen molar-refractivity contribution < 1.29 is 24.0 Å². The third-order valence-electron chi connectivity index (χ3n) is 2.68. The smallest absolute Gasteiger partial charge is 0.305 e. The zero-order valence-electron chi connectivity index (χ0n) is 11.6. The topological polar surface area (TPSA) is 95.7 Å². The maximum Gasteiger partial charge on any atom is 0.305 e. The van der Waals surface area contributed by atoms with Crippen LogP contribution in [0.25, 0.3) is 0 Å². The number of nitro groups is 1. The molecule has 20 heavy (non-hydrogen) atoms. The van der Waals surface area contributed by atoms with Gasteiger partial charge in [-0.1, -0.05) is 6.07 Å². The number of nitrogens with zero attached hydrogens (tertiary/aromatic N) is 1. The summed E-state index contributed by atoms with van der Waals surface area (Å²) in [4.78, 5) is 32.6. The summed E-state index contributed by atoms with van der Waals surface area (Å²) in [5, 5.41) is 10.9. The van der Waals surface area contributed by atoms with Crippen molar-refractivity contribution in [2.45, 2.75) is 34.0 Å². The number of carbonyl (C=O) groups excluding carboxylic acids is 2. The number of esters is 2. The van der Waals surface area contributed by atoms with Gasteiger partial charge >= 0.3 is 11.9 Å². The summed E-state index contributed by atoms with van der Waals surface area (Å²) in [7, 11) is 0. The molecule has 1 aromatic rings. The van der Waals surface area contributed by atoms with Gasteiger partial charge in [0.1, 0.15) is 0 Å². The molecule has 1 aromatic carbocycles. The molecule has 0 fully saturated rings. The van der Waals surface area contributed by atoms with Gasteiger partial charge in [-0.05, 0) is 19.4 Å². The molecule has 0 bridgehead atoms. The highest BCUT2D eigenvalue weighted by molar-refractivity contribution is 5.69. The van der Waals surface area contributed by atoms with E-state index in [2.05, 4.69) is 0 Å². The molecule has 0 N–H and O–H groups in total. The predicted molar refractivity (Wildman–Crippen MR) is 68.8 cm³/mol. The van der Waals surface area contributed by atoms with Gasteiger partial charge in [0.15, 0.2) is 0 Å². The Morgan fingerprint density at radius 1 is 1.15 bits per heavy atom. The van der Waals surface area contributed by atoms with Crippen molar-refractivity contribution in [1.82, 2.24) is 0 Å². The van der Waals surface area contributed by atoms with E-state index in [1.165, 1.54) is 32.9 Å². The van der Waals surface area contributed by atoms with Crippen molar-refractivity contribution >= 4 is 17.6 Å². The van der Waals surface area contributed by atoms with Gasteiger partial charge in [-0.15, -0.1) is 0 Å². The van der Waals surface area contributed by atoms with E-state index in [1.807, 2.05) is 0 Å². The quantitative estimate of drug-likeness (QED) is 0.364. The molecule has 0 aliphatic carbocycles. The second-order valence-corrected chi connectivity index (χ2v) is 4.25. The first-order valence-electron chi connectivity index (χ1n) is 5.83. The van der Waals surface area contributed by atoms with Gasteiger partial charge in [-0.2, -0.15) is 0 Å². The summed E-state index contributed by atoms with van der Waals surface area (Å²) in [5.74, 6) is -1.30. The van der Waals surface area contributed by atoms with Crippen LogP contribution >= 0.6 is 0 Å². The van der Waals surface area contributed by atoms with Gasteiger partial charge in [0.05, 0.1) is 4.92 Å². The lowest BCUT2D eigenvalue weighted by atomic mass is 10.0. The number of benzene rings is 1. The normalized spacial score (nSPS) is 10.2. The van der Waals surface area contributed by atoms with Crippen molar-refractivity contribution in [3.05, 3.63) is 38.9 Å². The van der Waals surface area contributed by atoms with Gasteiger partial charge in [-0.3, -0.25) is 19.7 Å². The molecule has 0 aliphatic heterocycles. The van der Waals surface area contributed by atoms with Crippen LogP contribution in [0.5, 0.6) is 0 Å². The van der Waals surface area contributed by atoms with Crippen LogP contribution in [-0.2, 0) is 19.1 Å². The Labute approximate surface area is 115 Å². The van der Waals surface area contributed by atoms with E-state index >= 15 is 0 Å². The molecule has 0 radical (unpaired) electrons. The van der Waals surface area contributed by atoms with Gasteiger partial charge in [-0.25, -0.2) is 0 Å². The molecule has 0 aromatic heterocycles. The largest absolute Gasteiger partial charge is 0.421 e. The fraction of sp³-hybridized carbons (Fsp3) is 0.385. The second kappa shape index (κ2) is 6.14. The van der Waals surface area contributed by atoms with E-state index in [-0.39, 0.29) is 5.69 Å². The summed E-state index contributed by atoms with van der Waals surface area (Å²) in [6, 6.07) is 2.87. The first-order valence-corrected chi connectivity index (χ1v) is 5.83. The maximum absolute atomic E-state index is 11.1. The van der Waals surface area contributed by atoms with Crippen LogP contribution in [0.1, 0.15) is 36.8 Å². The number of hydrogen-bond donors (Lipinski definition) is 0. The Balaban J connectivity index is 3.37. The molecule has 0 spiro atoms. The monoisotopic (exact) mass is 281 g/mol. The molecule has 1 rings (SSSR count). The Hall–Kier alpha value is -2.44. The molecule has 0 atom stereocenters. The third kappa shape index (κ3) is 3.53. The number of aryl methyl sites for hydroxylation is 1. The molecule has 0 unspecified atom stereocenters. The lowest BCUT2D eigenvalue weighted by molar-refractivity contribution is -0.385. The number of nitro benzene ring substituents is 1. The molecular weight excluding hydrogens is 266 g/mol. The summed E-state index contributed by atoms with van der Waals surface area (Å²) in [6.07, 6.45) is -1.29. The van der Waals surface area contributed by atoms with E-state index in [4.69, 9.17) is 9.47 Å². The van der Waals surface area contributed by atoms with E-state index in [0.717, 1.165) is 0 Å². The second-order valence-electron chi connectivity index (χ2n) is 4.25. The average Bonchev–Trinajstić information content (AvgIpc) is 2.26. The zero-order chi connectivity index (χ0) is 15.4. The fourth-order valence-electron chi connectivity index (χ4n) is 1.86. The Morgan fingerprint density at radius 3 is 2.05 bits per heavy atom. The van der Waals surface area contributed by atoms with Crippen molar-refractivity contribution in [1.29, 1.82) is 0 Å². The summed E-state index contributed by atoms with van der Waals surface area (Å²) >= 11 is 0. The van der Waals surface area contributed by atoms with Crippen LogP contribution in [0.2, 0.25) is 0 Å². The number of carbonyl (C=O) groups is 2. The van der Waals surface area contributed by atoms with E-state index in [1.54, 1.807) is 6.92 Å². The van der Waals surface area contributed by atoms with Crippen molar-refractivity contribution in [2.24, 2.45) is 0 Å². The Bertz CT molecular complexity index is 550. The number of rotatable bonds is 4. The average molecular weight is 281 g/mol. The van der Waals surface area contributed by atoms with E-state index < -0.39 is 23.2 Å².